The minimum absolute atomic E-state index is 0.0976. The summed E-state index contributed by atoms with van der Waals surface area (Å²) in [6.07, 6.45) is 3.42. The molecule has 0 atom stereocenters. The highest BCUT2D eigenvalue weighted by Crippen LogP contribution is 2.16. The molecule has 0 aliphatic rings. The Morgan fingerprint density at radius 3 is 2.29 bits per heavy atom. The topological polar surface area (TPSA) is 65.7 Å². The standard InChI is InChI=1S/C15H17FN2O3/c16-13-11-12(15(21)18(7-9-19)8-10-20)3-4-14(13)17-5-1-2-6-17/h1-6,11,19-20H,7-10H2. The van der Waals surface area contributed by atoms with Crippen LogP contribution in [0.3, 0.4) is 0 Å². The Hall–Kier alpha value is -2.18. The minimum Gasteiger partial charge on any atom is -0.395 e. The first-order chi connectivity index (χ1) is 10.2. The summed E-state index contributed by atoms with van der Waals surface area (Å²) in [7, 11) is 0. The molecule has 6 heteroatoms. The van der Waals surface area contributed by atoms with Crippen molar-refractivity contribution in [1.82, 2.24) is 9.47 Å². The summed E-state index contributed by atoms with van der Waals surface area (Å²) in [6, 6.07) is 7.78. The van der Waals surface area contributed by atoms with E-state index < -0.39 is 11.7 Å². The van der Waals surface area contributed by atoms with E-state index in [2.05, 4.69) is 0 Å². The van der Waals surface area contributed by atoms with Crippen LogP contribution in [0, 0.1) is 5.82 Å². The highest BCUT2D eigenvalue weighted by atomic mass is 19.1. The van der Waals surface area contributed by atoms with E-state index >= 15 is 0 Å². The molecule has 112 valence electrons. The van der Waals surface area contributed by atoms with Crippen LogP contribution < -0.4 is 0 Å². The second-order valence-electron chi connectivity index (χ2n) is 4.50. The third kappa shape index (κ3) is 3.48. The zero-order valence-electron chi connectivity index (χ0n) is 11.4. The molecule has 21 heavy (non-hydrogen) atoms. The van der Waals surface area contributed by atoms with Gasteiger partial charge in [0.05, 0.1) is 18.9 Å². The molecule has 0 saturated carbocycles. The van der Waals surface area contributed by atoms with Crippen LogP contribution >= 0.6 is 0 Å². The number of carbonyl (C=O) groups excluding carboxylic acids is 1. The maximum atomic E-state index is 14.1. The molecule has 0 bridgehead atoms. The van der Waals surface area contributed by atoms with E-state index in [-0.39, 0.29) is 31.9 Å². The van der Waals surface area contributed by atoms with Crippen molar-refractivity contribution in [3.05, 3.63) is 54.1 Å². The van der Waals surface area contributed by atoms with Gasteiger partial charge in [-0.25, -0.2) is 4.39 Å². The van der Waals surface area contributed by atoms with E-state index in [0.29, 0.717) is 5.69 Å². The molecule has 2 aromatic rings. The molecule has 1 aromatic heterocycles. The van der Waals surface area contributed by atoms with Crippen molar-refractivity contribution < 1.29 is 19.4 Å². The van der Waals surface area contributed by atoms with Crippen LogP contribution in [0.15, 0.2) is 42.7 Å². The van der Waals surface area contributed by atoms with Crippen LogP contribution in [0.2, 0.25) is 0 Å². The van der Waals surface area contributed by atoms with Crippen molar-refractivity contribution in [1.29, 1.82) is 0 Å². The number of amides is 1. The van der Waals surface area contributed by atoms with Crippen LogP contribution in [0.4, 0.5) is 4.39 Å². The monoisotopic (exact) mass is 292 g/mol. The fourth-order valence-corrected chi connectivity index (χ4v) is 2.08. The van der Waals surface area contributed by atoms with Gasteiger partial charge in [-0.1, -0.05) is 0 Å². The Kier molecular flexibility index (Phi) is 5.08. The van der Waals surface area contributed by atoms with Crippen LogP contribution in [0.5, 0.6) is 0 Å². The zero-order valence-corrected chi connectivity index (χ0v) is 11.4. The van der Waals surface area contributed by atoms with Gasteiger partial charge in [0, 0.05) is 31.0 Å². The van der Waals surface area contributed by atoms with Gasteiger partial charge in [0.2, 0.25) is 0 Å². The third-order valence-electron chi connectivity index (χ3n) is 3.10. The number of nitrogens with zero attached hydrogens (tertiary/aromatic N) is 2. The van der Waals surface area contributed by atoms with Crippen molar-refractivity contribution in [3.8, 4) is 5.69 Å². The Labute approximate surface area is 121 Å². The average Bonchev–Trinajstić information content (AvgIpc) is 3.00. The second kappa shape index (κ2) is 7.01. The van der Waals surface area contributed by atoms with Crippen LogP contribution in [0.1, 0.15) is 10.4 Å². The predicted molar refractivity (Wildman–Crippen MR) is 75.8 cm³/mol. The van der Waals surface area contributed by atoms with Gasteiger partial charge in [-0.2, -0.15) is 0 Å². The van der Waals surface area contributed by atoms with Crippen molar-refractivity contribution >= 4 is 5.91 Å². The van der Waals surface area contributed by atoms with Crippen LogP contribution in [-0.2, 0) is 0 Å². The normalized spacial score (nSPS) is 10.6. The van der Waals surface area contributed by atoms with Crippen molar-refractivity contribution in [2.75, 3.05) is 26.3 Å². The summed E-state index contributed by atoms with van der Waals surface area (Å²) < 4.78 is 15.7. The van der Waals surface area contributed by atoms with Gasteiger partial charge < -0.3 is 19.7 Å². The molecule has 0 aliphatic carbocycles. The molecular weight excluding hydrogens is 275 g/mol. The molecule has 0 unspecified atom stereocenters. The average molecular weight is 292 g/mol. The van der Waals surface area contributed by atoms with Gasteiger partial charge in [0.1, 0.15) is 5.82 Å². The number of benzene rings is 1. The SMILES string of the molecule is O=C(c1ccc(-n2cccc2)c(F)c1)N(CCO)CCO. The quantitative estimate of drug-likeness (QED) is 0.836. The number of aliphatic hydroxyl groups excluding tert-OH is 2. The van der Waals surface area contributed by atoms with Gasteiger partial charge in [-0.05, 0) is 30.3 Å². The van der Waals surface area contributed by atoms with Gasteiger partial charge >= 0.3 is 0 Å². The number of carbonyl (C=O) groups is 1. The molecule has 0 aliphatic heterocycles. The molecule has 1 heterocycles. The molecule has 1 aromatic carbocycles. The largest absolute Gasteiger partial charge is 0.395 e. The fraction of sp³-hybridized carbons (Fsp3) is 0.267. The molecule has 2 N–H and O–H groups in total. The molecule has 1 amide bonds. The molecule has 5 nitrogen and oxygen atoms in total. The number of hydrogen-bond donors (Lipinski definition) is 2. The lowest BCUT2D eigenvalue weighted by Crippen LogP contribution is -2.35. The lowest BCUT2D eigenvalue weighted by Gasteiger charge is -2.21. The highest BCUT2D eigenvalue weighted by Gasteiger charge is 2.16. The maximum absolute atomic E-state index is 14.1. The number of rotatable bonds is 6. The number of aliphatic hydroxyl groups is 2. The van der Waals surface area contributed by atoms with E-state index in [1.54, 1.807) is 29.1 Å². The summed E-state index contributed by atoms with van der Waals surface area (Å²) in [4.78, 5) is 13.5. The summed E-state index contributed by atoms with van der Waals surface area (Å²) in [5.74, 6) is -0.930. The second-order valence-corrected chi connectivity index (χ2v) is 4.50. The van der Waals surface area contributed by atoms with Crippen LogP contribution in [0.25, 0.3) is 5.69 Å². The van der Waals surface area contributed by atoms with Gasteiger partial charge in [-0.15, -0.1) is 0 Å². The smallest absolute Gasteiger partial charge is 0.254 e. The van der Waals surface area contributed by atoms with E-state index in [0.717, 1.165) is 0 Å². The Balaban J connectivity index is 2.24. The molecule has 0 saturated heterocycles. The first-order valence-electron chi connectivity index (χ1n) is 6.61. The van der Waals surface area contributed by atoms with Crippen molar-refractivity contribution in [3.63, 3.8) is 0 Å². The van der Waals surface area contributed by atoms with E-state index in [4.69, 9.17) is 10.2 Å². The maximum Gasteiger partial charge on any atom is 0.254 e. The third-order valence-corrected chi connectivity index (χ3v) is 3.10. The zero-order chi connectivity index (χ0) is 15.2. The number of hydrogen-bond acceptors (Lipinski definition) is 3. The lowest BCUT2D eigenvalue weighted by atomic mass is 10.1. The Bertz CT molecular complexity index is 593. The summed E-state index contributed by atoms with van der Waals surface area (Å²) in [6.45, 7) is -0.230. The van der Waals surface area contributed by atoms with Gasteiger partial charge in [0.25, 0.3) is 5.91 Å². The molecule has 0 spiro atoms. The minimum atomic E-state index is -0.509. The van der Waals surface area contributed by atoms with Crippen molar-refractivity contribution in [2.45, 2.75) is 0 Å². The molecule has 0 radical (unpaired) electrons. The van der Waals surface area contributed by atoms with E-state index in [9.17, 15) is 9.18 Å². The first-order valence-corrected chi connectivity index (χ1v) is 6.61. The van der Waals surface area contributed by atoms with Crippen LogP contribution in [-0.4, -0.2) is 51.9 Å². The number of halogens is 1. The van der Waals surface area contributed by atoms with Gasteiger partial charge in [0.15, 0.2) is 0 Å². The summed E-state index contributed by atoms with van der Waals surface area (Å²) >= 11 is 0. The molecular formula is C15H17FN2O3. The number of aromatic nitrogens is 1. The van der Waals surface area contributed by atoms with Crippen molar-refractivity contribution in [2.24, 2.45) is 0 Å². The Morgan fingerprint density at radius 1 is 1.14 bits per heavy atom. The predicted octanol–water partition coefficient (Wildman–Crippen LogP) is 1.04. The first kappa shape index (κ1) is 15.2. The van der Waals surface area contributed by atoms with Gasteiger partial charge in [-0.3, -0.25) is 4.79 Å². The summed E-state index contributed by atoms with van der Waals surface area (Å²) in [5, 5.41) is 17.9. The molecule has 0 fully saturated rings. The molecule has 2 rings (SSSR count). The van der Waals surface area contributed by atoms with E-state index in [1.165, 1.54) is 23.1 Å². The fourth-order valence-electron chi connectivity index (χ4n) is 2.08. The lowest BCUT2D eigenvalue weighted by molar-refractivity contribution is 0.0684. The van der Waals surface area contributed by atoms with E-state index in [1.807, 2.05) is 0 Å². The highest BCUT2D eigenvalue weighted by molar-refractivity contribution is 5.94. The Morgan fingerprint density at radius 2 is 1.76 bits per heavy atom. The summed E-state index contributed by atoms with van der Waals surface area (Å²) in [5.41, 5.74) is 0.540.